The summed E-state index contributed by atoms with van der Waals surface area (Å²) in [7, 11) is -2.08. The minimum atomic E-state index is -2.08. The SMILES string of the molecule is CCOC(=O)/C=C/c1cccc2c1O[C@@H]1C2=Cc2c(C)cccc2[C@H]1O[Si](C)(C)C(C)(C)C. The molecule has 1 aliphatic heterocycles. The maximum Gasteiger partial charge on any atom is 0.330 e. The summed E-state index contributed by atoms with van der Waals surface area (Å²) in [4.78, 5) is 11.9. The highest BCUT2D eigenvalue weighted by atomic mass is 28.4. The third-order valence-corrected chi connectivity index (χ3v) is 11.5. The van der Waals surface area contributed by atoms with E-state index in [-0.39, 0.29) is 23.2 Å². The van der Waals surface area contributed by atoms with Gasteiger partial charge in [-0.25, -0.2) is 4.79 Å². The molecule has 0 radical (unpaired) electrons. The Labute approximate surface area is 198 Å². The Morgan fingerprint density at radius 2 is 1.88 bits per heavy atom. The number of aryl methyl sites for hydroxylation is 1. The highest BCUT2D eigenvalue weighted by Gasteiger charge is 2.46. The lowest BCUT2D eigenvalue weighted by Gasteiger charge is -2.42. The summed E-state index contributed by atoms with van der Waals surface area (Å²) in [5.41, 5.74) is 6.70. The van der Waals surface area contributed by atoms with Crippen molar-refractivity contribution in [3.63, 3.8) is 0 Å². The second kappa shape index (κ2) is 8.62. The molecule has 4 rings (SSSR count). The van der Waals surface area contributed by atoms with Gasteiger partial charge in [-0.2, -0.15) is 0 Å². The Morgan fingerprint density at radius 3 is 2.58 bits per heavy atom. The van der Waals surface area contributed by atoms with Crippen LogP contribution in [0.5, 0.6) is 5.75 Å². The van der Waals surface area contributed by atoms with Crippen molar-refractivity contribution in [2.24, 2.45) is 0 Å². The van der Waals surface area contributed by atoms with E-state index in [0.717, 1.165) is 22.4 Å². The van der Waals surface area contributed by atoms with E-state index in [1.165, 1.54) is 22.8 Å². The zero-order chi connectivity index (χ0) is 24.0. The first-order valence-corrected chi connectivity index (χ1v) is 14.6. The Bertz CT molecular complexity index is 1140. The van der Waals surface area contributed by atoms with E-state index >= 15 is 0 Å². The number of carbonyl (C=O) groups is 1. The van der Waals surface area contributed by atoms with Crippen LogP contribution in [0.3, 0.4) is 0 Å². The van der Waals surface area contributed by atoms with Gasteiger partial charge in [-0.05, 0) is 60.8 Å². The number of hydrogen-bond donors (Lipinski definition) is 0. The third kappa shape index (κ3) is 4.32. The number of para-hydroxylation sites is 1. The van der Waals surface area contributed by atoms with Gasteiger partial charge in [-0.3, -0.25) is 0 Å². The molecule has 2 aliphatic rings. The molecule has 4 nitrogen and oxygen atoms in total. The number of esters is 1. The van der Waals surface area contributed by atoms with Crippen molar-refractivity contribution in [3.8, 4) is 5.75 Å². The van der Waals surface area contributed by atoms with E-state index in [2.05, 4.69) is 71.1 Å². The standard InChI is InChI=1S/C28H34O4Si/c1-8-30-24(29)16-15-19-12-10-14-21-23-17-22-18(2)11-9-13-20(22)27(26(23)31-25(19)21)32-33(6,7)28(3,4)5/h9-17,26-27H,8H2,1-7H3/b16-15+/t26-,27-/m1/s1. The van der Waals surface area contributed by atoms with Crippen LogP contribution < -0.4 is 4.74 Å². The molecule has 174 valence electrons. The Kier molecular flexibility index (Phi) is 6.14. The molecule has 2 atom stereocenters. The molecule has 0 unspecified atom stereocenters. The van der Waals surface area contributed by atoms with E-state index in [1.807, 2.05) is 12.1 Å². The minimum Gasteiger partial charge on any atom is -0.481 e. The maximum absolute atomic E-state index is 11.9. The van der Waals surface area contributed by atoms with Crippen LogP contribution in [0.25, 0.3) is 17.7 Å². The molecule has 0 aromatic heterocycles. The summed E-state index contributed by atoms with van der Waals surface area (Å²) >= 11 is 0. The molecule has 1 heterocycles. The van der Waals surface area contributed by atoms with Gasteiger partial charge in [-0.1, -0.05) is 57.2 Å². The van der Waals surface area contributed by atoms with Gasteiger partial charge >= 0.3 is 5.97 Å². The fourth-order valence-electron chi connectivity index (χ4n) is 4.21. The van der Waals surface area contributed by atoms with Crippen molar-refractivity contribution in [1.29, 1.82) is 0 Å². The Morgan fingerprint density at radius 1 is 1.15 bits per heavy atom. The average Bonchev–Trinajstić information content (AvgIpc) is 3.11. The first-order valence-electron chi connectivity index (χ1n) is 11.7. The smallest absolute Gasteiger partial charge is 0.330 e. The van der Waals surface area contributed by atoms with Gasteiger partial charge in [0.1, 0.15) is 11.9 Å². The number of carbonyl (C=O) groups excluding carboxylic acids is 1. The highest BCUT2D eigenvalue weighted by Crippen LogP contribution is 2.52. The van der Waals surface area contributed by atoms with Crippen LogP contribution in [-0.2, 0) is 14.0 Å². The van der Waals surface area contributed by atoms with Gasteiger partial charge in [0, 0.05) is 22.8 Å². The van der Waals surface area contributed by atoms with E-state index in [9.17, 15) is 4.79 Å². The molecule has 2 aromatic carbocycles. The van der Waals surface area contributed by atoms with Gasteiger partial charge in [0.05, 0.1) is 6.61 Å². The van der Waals surface area contributed by atoms with Crippen LogP contribution in [-0.4, -0.2) is 27.0 Å². The molecule has 0 bridgehead atoms. The number of benzene rings is 2. The zero-order valence-corrected chi connectivity index (χ0v) is 21.7. The lowest BCUT2D eigenvalue weighted by molar-refractivity contribution is -0.137. The Balaban J connectivity index is 1.79. The van der Waals surface area contributed by atoms with Crippen LogP contribution in [0.4, 0.5) is 0 Å². The normalized spacial score (nSPS) is 19.4. The van der Waals surface area contributed by atoms with Crippen molar-refractivity contribution in [1.82, 2.24) is 0 Å². The predicted molar refractivity (Wildman–Crippen MR) is 137 cm³/mol. The quantitative estimate of drug-likeness (QED) is 0.274. The molecule has 0 saturated heterocycles. The van der Waals surface area contributed by atoms with Crippen molar-refractivity contribution in [3.05, 3.63) is 70.3 Å². The molecule has 0 N–H and O–H groups in total. The predicted octanol–water partition coefficient (Wildman–Crippen LogP) is 6.95. The molecule has 5 heteroatoms. The molecule has 0 fully saturated rings. The van der Waals surface area contributed by atoms with Gasteiger partial charge < -0.3 is 13.9 Å². The molecule has 0 spiro atoms. The van der Waals surface area contributed by atoms with Crippen LogP contribution in [0.1, 0.15) is 61.6 Å². The minimum absolute atomic E-state index is 0.0807. The largest absolute Gasteiger partial charge is 0.481 e. The molecule has 1 aliphatic carbocycles. The van der Waals surface area contributed by atoms with Crippen LogP contribution in [0, 0.1) is 6.92 Å². The molecule has 0 saturated carbocycles. The summed E-state index contributed by atoms with van der Waals surface area (Å²) in [5.74, 6) is 0.440. The number of ether oxygens (including phenoxy) is 2. The summed E-state index contributed by atoms with van der Waals surface area (Å²) in [6.07, 6.45) is 5.08. The summed E-state index contributed by atoms with van der Waals surface area (Å²) in [6, 6.07) is 12.5. The van der Waals surface area contributed by atoms with Gasteiger partial charge in [0.15, 0.2) is 14.4 Å². The van der Waals surface area contributed by atoms with E-state index in [4.69, 9.17) is 13.9 Å². The van der Waals surface area contributed by atoms with E-state index in [1.54, 1.807) is 13.0 Å². The second-order valence-corrected chi connectivity index (χ2v) is 15.1. The summed E-state index contributed by atoms with van der Waals surface area (Å²) in [6.45, 7) is 15.7. The fraction of sp³-hybridized carbons (Fsp3) is 0.393. The van der Waals surface area contributed by atoms with Gasteiger partial charge in [0.25, 0.3) is 0 Å². The van der Waals surface area contributed by atoms with Crippen molar-refractivity contribution < 1.29 is 18.7 Å². The molecular formula is C28H34O4Si. The summed E-state index contributed by atoms with van der Waals surface area (Å²) < 4.78 is 18.7. The van der Waals surface area contributed by atoms with Gasteiger partial charge in [-0.15, -0.1) is 0 Å². The lowest BCUT2D eigenvalue weighted by atomic mass is 9.84. The highest BCUT2D eigenvalue weighted by molar-refractivity contribution is 6.74. The van der Waals surface area contributed by atoms with E-state index < -0.39 is 8.32 Å². The molecular weight excluding hydrogens is 428 g/mol. The average molecular weight is 463 g/mol. The molecule has 33 heavy (non-hydrogen) atoms. The van der Waals surface area contributed by atoms with Crippen LogP contribution >= 0.6 is 0 Å². The Hall–Kier alpha value is -2.63. The van der Waals surface area contributed by atoms with Crippen LogP contribution in [0.15, 0.2) is 42.5 Å². The first kappa shape index (κ1) is 23.5. The fourth-order valence-corrected chi connectivity index (χ4v) is 5.45. The number of fused-ring (bicyclic) bond motifs is 4. The second-order valence-electron chi connectivity index (χ2n) is 10.3. The lowest BCUT2D eigenvalue weighted by Crippen LogP contribution is -2.45. The third-order valence-electron chi connectivity index (χ3n) is 7.06. The zero-order valence-electron chi connectivity index (χ0n) is 20.7. The van der Waals surface area contributed by atoms with Crippen molar-refractivity contribution >= 4 is 32.0 Å². The van der Waals surface area contributed by atoms with Crippen LogP contribution in [0.2, 0.25) is 18.1 Å². The molecule has 0 amide bonds. The monoisotopic (exact) mass is 462 g/mol. The molecule has 2 aromatic rings. The topological polar surface area (TPSA) is 44.8 Å². The summed E-state index contributed by atoms with van der Waals surface area (Å²) in [5, 5.41) is 0.0807. The van der Waals surface area contributed by atoms with E-state index in [0.29, 0.717) is 6.61 Å². The van der Waals surface area contributed by atoms with Crippen molar-refractivity contribution in [2.45, 2.75) is 65.0 Å². The number of rotatable bonds is 5. The van der Waals surface area contributed by atoms with Crippen molar-refractivity contribution in [2.75, 3.05) is 6.61 Å². The first-order chi connectivity index (χ1) is 15.5. The number of hydrogen-bond acceptors (Lipinski definition) is 4. The maximum atomic E-state index is 11.9. The van der Waals surface area contributed by atoms with Gasteiger partial charge in [0.2, 0.25) is 0 Å².